The fraction of sp³-hybridized carbons (Fsp3) is 0.286. The first-order chi connectivity index (χ1) is 9.02. The molecule has 2 rings (SSSR count). The zero-order valence-corrected chi connectivity index (χ0v) is 12.2. The average Bonchev–Trinajstić information content (AvgIpc) is 2.78. The zero-order valence-electron chi connectivity index (χ0n) is 10.6. The van der Waals surface area contributed by atoms with Crippen molar-refractivity contribution in [3.05, 3.63) is 56.2 Å². The molecule has 1 nitrogen and oxygen atoms in total. The van der Waals surface area contributed by atoms with E-state index >= 15 is 0 Å². The molecule has 0 spiro atoms. The predicted octanol–water partition coefficient (Wildman–Crippen LogP) is 4.69. The van der Waals surface area contributed by atoms with Gasteiger partial charge < -0.3 is 5.32 Å². The number of hydrogen-bond donors (Lipinski definition) is 1. The van der Waals surface area contributed by atoms with Crippen LogP contribution in [-0.2, 0) is 0 Å². The highest BCUT2D eigenvalue weighted by molar-refractivity contribution is 7.16. The van der Waals surface area contributed by atoms with Crippen LogP contribution in [-0.4, -0.2) is 6.54 Å². The quantitative estimate of drug-likeness (QED) is 0.864. The second-order valence-electron chi connectivity index (χ2n) is 4.26. The van der Waals surface area contributed by atoms with E-state index in [-0.39, 0.29) is 6.04 Å². The molecular formula is C14H14ClF2NS. The minimum absolute atomic E-state index is 0.306. The van der Waals surface area contributed by atoms with Gasteiger partial charge in [-0.2, -0.15) is 0 Å². The lowest BCUT2D eigenvalue weighted by atomic mass is 10.0. The van der Waals surface area contributed by atoms with Crippen molar-refractivity contribution >= 4 is 22.9 Å². The number of thiophene rings is 1. The minimum atomic E-state index is -0.408. The second-order valence-corrected chi connectivity index (χ2v) is 6.00. The molecule has 0 fully saturated rings. The zero-order chi connectivity index (χ0) is 14.0. The molecule has 0 saturated heterocycles. The number of nitrogens with one attached hydrogen (secondary N) is 1. The van der Waals surface area contributed by atoms with Crippen LogP contribution in [0.1, 0.15) is 29.0 Å². The second kappa shape index (κ2) is 5.99. The summed E-state index contributed by atoms with van der Waals surface area (Å²) in [5.74, 6) is -0.809. The van der Waals surface area contributed by atoms with Gasteiger partial charge in [-0.25, -0.2) is 8.78 Å². The molecule has 102 valence electrons. The largest absolute Gasteiger partial charge is 0.306 e. The number of benzene rings is 1. The van der Waals surface area contributed by atoms with Gasteiger partial charge in [-0.3, -0.25) is 0 Å². The monoisotopic (exact) mass is 301 g/mol. The van der Waals surface area contributed by atoms with Crippen LogP contribution in [0.5, 0.6) is 0 Å². The highest BCUT2D eigenvalue weighted by Gasteiger charge is 2.20. The van der Waals surface area contributed by atoms with Crippen LogP contribution < -0.4 is 5.32 Å². The van der Waals surface area contributed by atoms with Gasteiger partial charge in [-0.05, 0) is 43.3 Å². The average molecular weight is 302 g/mol. The number of rotatable bonds is 4. The molecule has 1 heterocycles. The molecule has 0 aliphatic rings. The summed E-state index contributed by atoms with van der Waals surface area (Å²) in [6.07, 6.45) is 0. The topological polar surface area (TPSA) is 12.0 Å². The van der Waals surface area contributed by atoms with Crippen LogP contribution in [0.25, 0.3) is 0 Å². The molecule has 0 radical (unpaired) electrons. The van der Waals surface area contributed by atoms with Crippen LogP contribution in [0.4, 0.5) is 8.78 Å². The first-order valence-corrected chi connectivity index (χ1v) is 7.16. The number of hydrogen-bond acceptors (Lipinski definition) is 2. The van der Waals surface area contributed by atoms with E-state index in [4.69, 9.17) is 11.6 Å². The van der Waals surface area contributed by atoms with Gasteiger partial charge in [0.15, 0.2) is 0 Å². The fourth-order valence-electron chi connectivity index (χ4n) is 1.93. The van der Waals surface area contributed by atoms with Gasteiger partial charge in [0.2, 0.25) is 0 Å². The van der Waals surface area contributed by atoms with Crippen molar-refractivity contribution in [1.82, 2.24) is 5.32 Å². The van der Waals surface area contributed by atoms with Crippen molar-refractivity contribution in [3.63, 3.8) is 0 Å². The van der Waals surface area contributed by atoms with E-state index in [9.17, 15) is 8.78 Å². The van der Waals surface area contributed by atoms with Crippen LogP contribution in [0, 0.1) is 18.6 Å². The fourth-order valence-corrected chi connectivity index (χ4v) is 3.09. The van der Waals surface area contributed by atoms with Crippen LogP contribution in [0.15, 0.2) is 24.3 Å². The van der Waals surface area contributed by atoms with Gasteiger partial charge in [0.25, 0.3) is 0 Å². The van der Waals surface area contributed by atoms with E-state index in [0.717, 1.165) is 4.88 Å². The number of aryl methyl sites for hydroxylation is 1. The molecule has 1 unspecified atom stereocenters. The minimum Gasteiger partial charge on any atom is -0.306 e. The lowest BCUT2D eigenvalue weighted by Gasteiger charge is -2.18. The molecule has 0 bridgehead atoms. The van der Waals surface area contributed by atoms with Crippen molar-refractivity contribution in [2.75, 3.05) is 6.54 Å². The standard InChI is InChI=1S/C14H14ClF2NS/c1-3-18-14(12-4-5-13(15)19-12)9-7-10(16)8(2)6-11(9)17/h4-7,14,18H,3H2,1-2H3. The Morgan fingerprint density at radius 2 is 2.00 bits per heavy atom. The maximum absolute atomic E-state index is 14.1. The Kier molecular flexibility index (Phi) is 4.55. The van der Waals surface area contributed by atoms with E-state index in [1.54, 1.807) is 13.0 Å². The summed E-state index contributed by atoms with van der Waals surface area (Å²) in [6, 6.07) is 5.69. The van der Waals surface area contributed by atoms with Crippen molar-refractivity contribution < 1.29 is 8.78 Å². The lowest BCUT2D eigenvalue weighted by molar-refractivity contribution is 0.544. The van der Waals surface area contributed by atoms with Crippen LogP contribution >= 0.6 is 22.9 Å². The van der Waals surface area contributed by atoms with E-state index in [0.29, 0.717) is 22.0 Å². The van der Waals surface area contributed by atoms with Gasteiger partial charge in [0, 0.05) is 10.4 Å². The maximum Gasteiger partial charge on any atom is 0.128 e. The molecule has 1 aromatic carbocycles. The van der Waals surface area contributed by atoms with Gasteiger partial charge in [-0.1, -0.05) is 18.5 Å². The smallest absolute Gasteiger partial charge is 0.128 e. The van der Waals surface area contributed by atoms with Gasteiger partial charge in [-0.15, -0.1) is 11.3 Å². The lowest BCUT2D eigenvalue weighted by Crippen LogP contribution is -2.22. The van der Waals surface area contributed by atoms with E-state index < -0.39 is 11.6 Å². The highest BCUT2D eigenvalue weighted by atomic mass is 35.5. The molecule has 1 atom stereocenters. The molecule has 1 aromatic heterocycles. The molecule has 19 heavy (non-hydrogen) atoms. The summed E-state index contributed by atoms with van der Waals surface area (Å²) < 4.78 is 28.4. The van der Waals surface area contributed by atoms with Crippen molar-refractivity contribution in [3.8, 4) is 0 Å². The third-order valence-corrected chi connectivity index (χ3v) is 4.17. The first-order valence-electron chi connectivity index (χ1n) is 5.97. The summed E-state index contributed by atoms with van der Waals surface area (Å²) in [6.45, 7) is 4.12. The molecule has 1 N–H and O–H groups in total. The third-order valence-electron chi connectivity index (χ3n) is 2.88. The Morgan fingerprint density at radius 1 is 1.26 bits per heavy atom. The summed E-state index contributed by atoms with van der Waals surface area (Å²) >= 11 is 7.27. The van der Waals surface area contributed by atoms with Gasteiger partial charge in [0.1, 0.15) is 11.6 Å². The van der Waals surface area contributed by atoms with E-state index in [1.165, 1.54) is 23.5 Å². The highest BCUT2D eigenvalue weighted by Crippen LogP contribution is 2.32. The summed E-state index contributed by atoms with van der Waals surface area (Å²) in [4.78, 5) is 0.869. The molecule has 0 saturated carbocycles. The predicted molar refractivity (Wildman–Crippen MR) is 75.9 cm³/mol. The Hall–Kier alpha value is -0.970. The summed E-state index contributed by atoms with van der Waals surface area (Å²) in [7, 11) is 0. The molecular weight excluding hydrogens is 288 g/mol. The Morgan fingerprint density at radius 3 is 2.58 bits per heavy atom. The normalized spacial score (nSPS) is 12.7. The first kappa shape index (κ1) is 14.4. The summed E-state index contributed by atoms with van der Waals surface area (Å²) in [5.41, 5.74) is 0.615. The Balaban J connectivity index is 2.47. The molecule has 0 amide bonds. The van der Waals surface area contributed by atoms with Crippen LogP contribution in [0.2, 0.25) is 4.34 Å². The van der Waals surface area contributed by atoms with Crippen molar-refractivity contribution in [2.45, 2.75) is 19.9 Å². The molecule has 5 heteroatoms. The third kappa shape index (κ3) is 3.14. The van der Waals surface area contributed by atoms with Crippen molar-refractivity contribution in [2.24, 2.45) is 0 Å². The maximum atomic E-state index is 14.1. The Labute approximate surface area is 120 Å². The van der Waals surface area contributed by atoms with Gasteiger partial charge >= 0.3 is 0 Å². The summed E-state index contributed by atoms with van der Waals surface area (Å²) in [5, 5.41) is 3.16. The molecule has 2 aromatic rings. The molecule has 0 aliphatic heterocycles. The Bertz CT molecular complexity index is 583. The van der Waals surface area contributed by atoms with E-state index in [2.05, 4.69) is 5.32 Å². The SMILES string of the molecule is CCNC(c1ccc(Cl)s1)c1cc(F)c(C)cc1F. The van der Waals surface area contributed by atoms with Gasteiger partial charge in [0.05, 0.1) is 10.4 Å². The van der Waals surface area contributed by atoms with Crippen LogP contribution in [0.3, 0.4) is 0 Å². The number of halogens is 3. The van der Waals surface area contributed by atoms with E-state index in [1.807, 2.05) is 13.0 Å². The molecule has 0 aliphatic carbocycles. The van der Waals surface area contributed by atoms with Crippen molar-refractivity contribution in [1.29, 1.82) is 0 Å².